The number of nitrogens with zero attached hydrogens (tertiary/aromatic N) is 1. The molecular formula is C35H54FNO11. The van der Waals surface area contributed by atoms with Crippen molar-refractivity contribution in [1.82, 2.24) is 4.90 Å². The van der Waals surface area contributed by atoms with Crippen LogP contribution in [-0.4, -0.2) is 115 Å². The maximum absolute atomic E-state index is 13.6. The van der Waals surface area contributed by atoms with E-state index in [-0.39, 0.29) is 24.8 Å². The van der Waals surface area contributed by atoms with Gasteiger partial charge in [0.05, 0.1) is 42.0 Å². The maximum Gasteiger partial charge on any atom is 0.311 e. The zero-order valence-electron chi connectivity index (χ0n) is 29.4. The van der Waals surface area contributed by atoms with Gasteiger partial charge in [0, 0.05) is 30.4 Å². The van der Waals surface area contributed by atoms with Gasteiger partial charge in [0.25, 0.3) is 5.91 Å². The minimum Gasteiger partial charge on any atom is -0.459 e. The summed E-state index contributed by atoms with van der Waals surface area (Å²) >= 11 is 0. The molecule has 0 spiro atoms. The summed E-state index contributed by atoms with van der Waals surface area (Å²) in [5.41, 5.74) is -3.67. The summed E-state index contributed by atoms with van der Waals surface area (Å²) in [7, 11) is 1.50. The summed E-state index contributed by atoms with van der Waals surface area (Å²) in [6.07, 6.45) is -8.91. The summed E-state index contributed by atoms with van der Waals surface area (Å²) < 4.78 is 31.4. The molecule has 272 valence electrons. The summed E-state index contributed by atoms with van der Waals surface area (Å²) in [5.74, 6) is -6.50. The molecule has 2 fully saturated rings. The molecule has 1 aromatic carbocycles. The van der Waals surface area contributed by atoms with Gasteiger partial charge in [0.1, 0.15) is 29.4 Å². The molecule has 5 N–H and O–H groups in total. The fourth-order valence-electron chi connectivity index (χ4n) is 7.23. The first-order valence-corrected chi connectivity index (χ1v) is 16.7. The van der Waals surface area contributed by atoms with Gasteiger partial charge in [-0.2, -0.15) is 0 Å². The first-order chi connectivity index (χ1) is 22.1. The van der Waals surface area contributed by atoms with Gasteiger partial charge in [-0.25, -0.2) is 4.39 Å². The van der Waals surface area contributed by atoms with E-state index in [4.69, 9.17) is 14.2 Å². The monoisotopic (exact) mass is 683 g/mol. The number of carbonyl (C=O) groups excluding carboxylic acids is 3. The van der Waals surface area contributed by atoms with Crippen LogP contribution in [0.3, 0.4) is 0 Å². The van der Waals surface area contributed by atoms with E-state index >= 15 is 0 Å². The van der Waals surface area contributed by atoms with Crippen LogP contribution in [-0.2, 0) is 23.8 Å². The highest BCUT2D eigenvalue weighted by molar-refractivity contribution is 5.94. The number of carbonyl (C=O) groups is 3. The highest BCUT2D eigenvalue weighted by atomic mass is 19.1. The number of ether oxygens (including phenoxy) is 3. The van der Waals surface area contributed by atoms with Crippen LogP contribution in [0.5, 0.6) is 0 Å². The van der Waals surface area contributed by atoms with E-state index in [1.165, 1.54) is 51.8 Å². The molecule has 0 bridgehead atoms. The Morgan fingerprint density at radius 1 is 1.00 bits per heavy atom. The van der Waals surface area contributed by atoms with Crippen LogP contribution in [0.25, 0.3) is 0 Å². The lowest BCUT2D eigenvalue weighted by Crippen LogP contribution is -2.60. The van der Waals surface area contributed by atoms with Crippen molar-refractivity contribution < 1.29 is 58.5 Å². The lowest BCUT2D eigenvalue weighted by atomic mass is 9.74. The standard InChI is InChI=1S/C35H54FNO11/c1-10-25-35(8,45)29(41)19(4)26(38)17(2)16-34(7,44)30(20(5)27(39)21(6)32(43)47-25)48-33-28(40)24(15-18(3)46-33)37(9)31(42)22-11-13-23(36)14-12-22/h11-14,17-21,24-25,27-30,33,39-41,44-45H,10,15-16H2,1-9H3/t17-,18-,19+,20+,21-,24+,25-,27+,28-,29-,30-,33+,34?,35-/m1/s1. The van der Waals surface area contributed by atoms with Gasteiger partial charge in [0.2, 0.25) is 0 Å². The first kappa shape index (κ1) is 39.9. The molecule has 0 saturated carbocycles. The molecule has 1 aromatic rings. The van der Waals surface area contributed by atoms with Crippen LogP contribution in [0, 0.1) is 29.5 Å². The number of Topliss-reactive ketones (excluding diaryl/α,β-unsaturated/α-hetero) is 1. The van der Waals surface area contributed by atoms with Crippen LogP contribution in [0.4, 0.5) is 4.39 Å². The molecule has 0 radical (unpaired) electrons. The average molecular weight is 684 g/mol. The third-order valence-corrected chi connectivity index (χ3v) is 10.3. The average Bonchev–Trinajstić information content (AvgIpc) is 3.03. The van der Waals surface area contributed by atoms with E-state index in [0.717, 1.165) is 12.1 Å². The number of likely N-dealkylation sites (N-methyl/N-ethyl adjacent to an activating group) is 1. The van der Waals surface area contributed by atoms with Gasteiger partial charge < -0.3 is 44.6 Å². The number of aliphatic hydroxyl groups is 5. The zero-order valence-corrected chi connectivity index (χ0v) is 29.4. The van der Waals surface area contributed by atoms with Crippen LogP contribution in [0.15, 0.2) is 24.3 Å². The Morgan fingerprint density at radius 2 is 1.58 bits per heavy atom. The molecule has 12 nitrogen and oxygen atoms in total. The second-order valence-electron chi connectivity index (χ2n) is 14.4. The number of ketones is 1. The Bertz CT molecular complexity index is 1270. The predicted molar refractivity (Wildman–Crippen MR) is 172 cm³/mol. The number of benzene rings is 1. The fourth-order valence-corrected chi connectivity index (χ4v) is 7.23. The van der Waals surface area contributed by atoms with E-state index in [9.17, 15) is 44.3 Å². The SMILES string of the molecule is CC[C@H]1OC(=O)[C@H](C)[C@@H](O)[C@H](C)[C@@H](O[C@@H]2O[C@H](C)C[C@H](N(C)C(=O)c3ccc(F)cc3)[C@H]2O)C(C)(O)C[C@@H](C)C(=O)[C@H](C)[C@@H](O)[C@]1(C)O. The van der Waals surface area contributed by atoms with E-state index in [0.29, 0.717) is 0 Å². The molecule has 0 aromatic heterocycles. The third-order valence-electron chi connectivity index (χ3n) is 10.3. The van der Waals surface area contributed by atoms with E-state index < -0.39 is 107 Å². The van der Waals surface area contributed by atoms with Crippen LogP contribution in [0.1, 0.15) is 85.0 Å². The third kappa shape index (κ3) is 8.43. The summed E-state index contributed by atoms with van der Waals surface area (Å²) in [4.78, 5) is 41.5. The normalized spacial score (nSPS) is 42.1. The Hall–Kier alpha value is -2.52. The second-order valence-corrected chi connectivity index (χ2v) is 14.4. The van der Waals surface area contributed by atoms with Crippen molar-refractivity contribution >= 4 is 17.7 Å². The van der Waals surface area contributed by atoms with Gasteiger partial charge in [-0.3, -0.25) is 14.4 Å². The molecule has 48 heavy (non-hydrogen) atoms. The fraction of sp³-hybridized carbons (Fsp3) is 0.743. The zero-order chi connectivity index (χ0) is 36.5. The molecule has 1 amide bonds. The number of amides is 1. The quantitative estimate of drug-likeness (QED) is 0.287. The molecule has 1 unspecified atom stereocenters. The molecule has 13 heteroatoms. The number of hydrogen-bond acceptors (Lipinski definition) is 11. The van der Waals surface area contributed by atoms with Crippen LogP contribution >= 0.6 is 0 Å². The number of halogens is 1. The highest BCUT2D eigenvalue weighted by Crippen LogP contribution is 2.38. The molecular weight excluding hydrogens is 629 g/mol. The number of esters is 1. The van der Waals surface area contributed by atoms with Crippen molar-refractivity contribution in [2.45, 2.75) is 135 Å². The minimum absolute atomic E-state index is 0.111. The van der Waals surface area contributed by atoms with Crippen molar-refractivity contribution in [2.24, 2.45) is 23.7 Å². The molecule has 14 atom stereocenters. The van der Waals surface area contributed by atoms with E-state index in [1.54, 1.807) is 27.7 Å². The Labute approximate surface area is 282 Å². The lowest BCUT2D eigenvalue weighted by Gasteiger charge is -2.47. The van der Waals surface area contributed by atoms with Gasteiger partial charge >= 0.3 is 5.97 Å². The first-order valence-electron chi connectivity index (χ1n) is 16.7. The van der Waals surface area contributed by atoms with Crippen LogP contribution < -0.4 is 0 Å². The van der Waals surface area contributed by atoms with Gasteiger partial charge in [-0.05, 0) is 71.2 Å². The highest BCUT2D eigenvalue weighted by Gasteiger charge is 2.51. The number of hydrogen-bond donors (Lipinski definition) is 5. The molecule has 2 heterocycles. The molecule has 2 aliphatic heterocycles. The van der Waals surface area contributed by atoms with E-state index in [2.05, 4.69) is 0 Å². The molecule has 2 saturated heterocycles. The van der Waals surface area contributed by atoms with Crippen molar-refractivity contribution in [1.29, 1.82) is 0 Å². The Morgan fingerprint density at radius 3 is 2.15 bits per heavy atom. The predicted octanol–water partition coefficient (Wildman–Crippen LogP) is 2.21. The van der Waals surface area contributed by atoms with Crippen molar-refractivity contribution in [3.63, 3.8) is 0 Å². The van der Waals surface area contributed by atoms with Gasteiger partial charge in [-0.1, -0.05) is 27.7 Å². The molecule has 2 aliphatic rings. The maximum atomic E-state index is 13.6. The smallest absolute Gasteiger partial charge is 0.311 e. The minimum atomic E-state index is -2.00. The largest absolute Gasteiger partial charge is 0.459 e. The number of rotatable bonds is 5. The number of cyclic esters (lactones) is 1. The van der Waals surface area contributed by atoms with Crippen molar-refractivity contribution in [3.05, 3.63) is 35.6 Å². The summed E-state index contributed by atoms with van der Waals surface area (Å²) in [6.45, 7) is 12.1. The Balaban J connectivity index is 1.99. The van der Waals surface area contributed by atoms with Gasteiger partial charge in [-0.15, -0.1) is 0 Å². The van der Waals surface area contributed by atoms with E-state index in [1.807, 2.05) is 0 Å². The van der Waals surface area contributed by atoms with Crippen LogP contribution in [0.2, 0.25) is 0 Å². The van der Waals surface area contributed by atoms with Crippen molar-refractivity contribution in [2.75, 3.05) is 7.05 Å². The van der Waals surface area contributed by atoms with Gasteiger partial charge in [0.15, 0.2) is 6.29 Å². The summed E-state index contributed by atoms with van der Waals surface area (Å²) in [6, 6.07) is 4.17. The summed E-state index contributed by atoms with van der Waals surface area (Å²) in [5, 5.41) is 57.3. The lowest BCUT2D eigenvalue weighted by molar-refractivity contribution is -0.298. The molecule has 3 rings (SSSR count). The number of aliphatic hydroxyl groups excluding tert-OH is 3. The molecule has 0 aliphatic carbocycles. The Kier molecular flexibility index (Phi) is 13.0. The second kappa shape index (κ2) is 15.6. The topological polar surface area (TPSA) is 183 Å². The van der Waals surface area contributed by atoms with Crippen molar-refractivity contribution in [3.8, 4) is 0 Å².